The molecular weight excluding hydrogens is 488 g/mol. The second kappa shape index (κ2) is 9.13. The predicted molar refractivity (Wildman–Crippen MR) is 137 cm³/mol. The van der Waals surface area contributed by atoms with E-state index in [0.29, 0.717) is 10.6 Å². The van der Waals surface area contributed by atoms with Crippen LogP contribution in [0.15, 0.2) is 42.6 Å². The van der Waals surface area contributed by atoms with E-state index in [1.807, 2.05) is 50.2 Å². The molecule has 174 valence electrons. The molecule has 1 unspecified atom stereocenters. The summed E-state index contributed by atoms with van der Waals surface area (Å²) in [6, 6.07) is 11.9. The highest BCUT2D eigenvalue weighted by atomic mass is 32.1. The van der Waals surface area contributed by atoms with Gasteiger partial charge >= 0.3 is 6.09 Å². The molecule has 4 aromatic rings. The van der Waals surface area contributed by atoms with Gasteiger partial charge in [-0.05, 0) is 73.3 Å². The lowest BCUT2D eigenvalue weighted by Crippen LogP contribution is -2.24. The lowest BCUT2D eigenvalue weighted by atomic mass is 10.1. The Morgan fingerprint density at radius 1 is 1.18 bits per heavy atom. The van der Waals surface area contributed by atoms with Crippen molar-refractivity contribution in [1.82, 2.24) is 4.37 Å². The molecule has 1 aliphatic carbocycles. The van der Waals surface area contributed by atoms with Gasteiger partial charge in [0.2, 0.25) is 0 Å². The Morgan fingerprint density at radius 3 is 2.65 bits per heavy atom. The summed E-state index contributed by atoms with van der Waals surface area (Å²) < 4.78 is 11.9. The van der Waals surface area contributed by atoms with E-state index in [1.165, 1.54) is 11.5 Å². The van der Waals surface area contributed by atoms with Crippen molar-refractivity contribution in [3.05, 3.63) is 68.4 Å². The van der Waals surface area contributed by atoms with Gasteiger partial charge in [-0.2, -0.15) is 4.37 Å². The standard InChI is InChI=1S/C25H22N2O4S3/c1-14-5-3-4-6-17(14)15(2)31-24(30)27-18-13-26-34-19(18)8-7-16-11-20-21(32-16)12-22(33-20)25(9-10-25)23(28)29/h3-6,11-13,15,23,28-29H,9-10H2,1-2H3,(H,27,30). The molecule has 3 heterocycles. The summed E-state index contributed by atoms with van der Waals surface area (Å²) >= 11 is 4.38. The van der Waals surface area contributed by atoms with Gasteiger partial charge in [0.1, 0.15) is 11.0 Å². The van der Waals surface area contributed by atoms with E-state index >= 15 is 0 Å². The van der Waals surface area contributed by atoms with Crippen molar-refractivity contribution in [2.75, 3.05) is 5.32 Å². The van der Waals surface area contributed by atoms with Crippen LogP contribution < -0.4 is 5.32 Å². The molecule has 34 heavy (non-hydrogen) atoms. The van der Waals surface area contributed by atoms with Crippen molar-refractivity contribution in [1.29, 1.82) is 0 Å². The van der Waals surface area contributed by atoms with Crippen LogP contribution in [-0.4, -0.2) is 27.0 Å². The van der Waals surface area contributed by atoms with Gasteiger partial charge in [0.25, 0.3) is 0 Å². The number of thiophene rings is 2. The summed E-state index contributed by atoms with van der Waals surface area (Å²) in [5.41, 5.74) is 2.06. The highest BCUT2D eigenvalue weighted by Crippen LogP contribution is 2.54. The molecule has 9 heteroatoms. The van der Waals surface area contributed by atoms with E-state index in [1.54, 1.807) is 28.9 Å². The van der Waals surface area contributed by atoms with Crippen LogP contribution in [-0.2, 0) is 10.2 Å². The molecule has 0 aliphatic heterocycles. The van der Waals surface area contributed by atoms with E-state index in [9.17, 15) is 15.0 Å². The van der Waals surface area contributed by atoms with Gasteiger partial charge in [0, 0.05) is 14.3 Å². The zero-order chi connectivity index (χ0) is 23.9. The summed E-state index contributed by atoms with van der Waals surface area (Å²) in [5.74, 6) is 6.27. The Morgan fingerprint density at radius 2 is 1.94 bits per heavy atom. The number of aromatic nitrogens is 1. The molecule has 1 aromatic carbocycles. The van der Waals surface area contributed by atoms with Gasteiger partial charge in [-0.1, -0.05) is 24.3 Å². The van der Waals surface area contributed by atoms with Crippen molar-refractivity contribution in [2.24, 2.45) is 0 Å². The second-order valence-electron chi connectivity index (χ2n) is 8.33. The van der Waals surface area contributed by atoms with Gasteiger partial charge < -0.3 is 14.9 Å². The Bertz CT molecular complexity index is 1390. The van der Waals surface area contributed by atoms with E-state index < -0.39 is 17.8 Å². The van der Waals surface area contributed by atoms with Gasteiger partial charge in [-0.3, -0.25) is 5.32 Å². The molecule has 3 N–H and O–H groups in total. The van der Waals surface area contributed by atoms with Crippen molar-refractivity contribution in [3.8, 4) is 11.8 Å². The van der Waals surface area contributed by atoms with Gasteiger partial charge in [0.05, 0.1) is 22.2 Å². The number of aliphatic hydroxyl groups is 2. The molecule has 1 atom stereocenters. The highest BCUT2D eigenvalue weighted by Gasteiger charge is 2.51. The fourth-order valence-electron chi connectivity index (χ4n) is 3.85. The van der Waals surface area contributed by atoms with Crippen LogP contribution in [0.25, 0.3) is 9.40 Å². The maximum Gasteiger partial charge on any atom is 0.412 e. The summed E-state index contributed by atoms with van der Waals surface area (Å²) in [7, 11) is 0. The average Bonchev–Trinajstić information content (AvgIpc) is 3.12. The zero-order valence-electron chi connectivity index (χ0n) is 18.5. The quantitative estimate of drug-likeness (QED) is 0.234. The lowest BCUT2D eigenvalue weighted by molar-refractivity contribution is -0.0685. The van der Waals surface area contributed by atoms with Crippen LogP contribution in [0.2, 0.25) is 0 Å². The molecule has 1 saturated carbocycles. The van der Waals surface area contributed by atoms with Gasteiger partial charge in [0.15, 0.2) is 6.29 Å². The number of carbonyl (C=O) groups is 1. The third-order valence-corrected chi connectivity index (χ3v) is 9.14. The number of ether oxygens (including phenoxy) is 1. The number of aryl methyl sites for hydroxylation is 1. The smallest absolute Gasteiger partial charge is 0.412 e. The van der Waals surface area contributed by atoms with Crippen LogP contribution in [0.3, 0.4) is 0 Å². The minimum absolute atomic E-state index is 0.381. The number of nitrogens with zero attached hydrogens (tertiary/aromatic N) is 1. The topological polar surface area (TPSA) is 91.7 Å². The molecule has 3 aromatic heterocycles. The fourth-order valence-corrected chi connectivity index (χ4v) is 6.93. The highest BCUT2D eigenvalue weighted by molar-refractivity contribution is 7.28. The third kappa shape index (κ3) is 4.48. The van der Waals surface area contributed by atoms with Crippen molar-refractivity contribution < 1.29 is 19.7 Å². The van der Waals surface area contributed by atoms with Crippen LogP contribution in [0.4, 0.5) is 10.5 Å². The Balaban J connectivity index is 1.27. The largest absolute Gasteiger partial charge is 0.441 e. The first-order valence-corrected chi connectivity index (χ1v) is 13.2. The molecule has 5 rings (SSSR count). The van der Waals surface area contributed by atoms with Crippen LogP contribution >= 0.6 is 34.2 Å². The number of benzene rings is 1. The Kier molecular flexibility index (Phi) is 6.18. The van der Waals surface area contributed by atoms with Crippen molar-refractivity contribution in [3.63, 3.8) is 0 Å². The average molecular weight is 511 g/mol. The normalized spacial score (nSPS) is 15.1. The van der Waals surface area contributed by atoms with Crippen LogP contribution in [0.1, 0.15) is 51.6 Å². The molecule has 0 saturated heterocycles. The molecule has 6 nitrogen and oxygen atoms in total. The minimum atomic E-state index is -1.32. The third-order valence-electron chi connectivity index (χ3n) is 6.00. The number of aliphatic hydroxyl groups excluding tert-OH is 1. The molecule has 0 radical (unpaired) electrons. The number of carbonyl (C=O) groups excluding carboxylic acids is 1. The number of hydrogen-bond acceptors (Lipinski definition) is 8. The Hall–Kier alpha value is -2.74. The number of fused-ring (bicyclic) bond motifs is 1. The second-order valence-corrected chi connectivity index (χ2v) is 11.3. The summed E-state index contributed by atoms with van der Waals surface area (Å²) in [6.07, 6.45) is 0.930. The number of anilines is 1. The predicted octanol–water partition coefficient (Wildman–Crippen LogP) is 5.78. The molecule has 0 bridgehead atoms. The monoisotopic (exact) mass is 510 g/mol. The van der Waals surface area contributed by atoms with E-state index in [4.69, 9.17) is 4.74 Å². The van der Waals surface area contributed by atoms with Crippen molar-refractivity contribution >= 4 is 55.4 Å². The van der Waals surface area contributed by atoms with E-state index in [0.717, 1.165) is 43.1 Å². The van der Waals surface area contributed by atoms with E-state index in [-0.39, 0.29) is 6.10 Å². The maximum atomic E-state index is 12.4. The summed E-state index contributed by atoms with van der Waals surface area (Å²) in [5, 5.41) is 22.2. The van der Waals surface area contributed by atoms with Crippen molar-refractivity contribution in [2.45, 2.75) is 44.5 Å². The molecule has 0 spiro atoms. The lowest BCUT2D eigenvalue weighted by Gasteiger charge is -2.15. The van der Waals surface area contributed by atoms with Gasteiger partial charge in [-0.15, -0.1) is 22.7 Å². The summed E-state index contributed by atoms with van der Waals surface area (Å²) in [4.78, 5) is 15.0. The number of hydrogen-bond donors (Lipinski definition) is 3. The van der Waals surface area contributed by atoms with E-state index in [2.05, 4.69) is 21.5 Å². The molecule has 1 fully saturated rings. The van der Waals surface area contributed by atoms with Crippen LogP contribution in [0, 0.1) is 18.8 Å². The Labute approximate surface area is 209 Å². The van der Waals surface area contributed by atoms with Crippen LogP contribution in [0.5, 0.6) is 0 Å². The fraction of sp³-hybridized carbons (Fsp3) is 0.280. The molecular formula is C25H22N2O4S3. The first-order chi connectivity index (χ1) is 16.4. The maximum absolute atomic E-state index is 12.4. The SMILES string of the molecule is Cc1ccccc1C(C)OC(=O)Nc1cnsc1C#Cc1cc2sc(C3(C(O)O)CC3)cc2s1. The summed E-state index contributed by atoms with van der Waals surface area (Å²) in [6.45, 7) is 3.83. The van der Waals surface area contributed by atoms with Gasteiger partial charge in [-0.25, -0.2) is 4.79 Å². The number of nitrogens with one attached hydrogen (secondary N) is 1. The molecule has 1 amide bonds. The minimum Gasteiger partial charge on any atom is -0.441 e. The number of rotatable bonds is 5. The molecule has 1 aliphatic rings. The zero-order valence-corrected chi connectivity index (χ0v) is 20.9. The first-order valence-electron chi connectivity index (χ1n) is 10.8. The first kappa shape index (κ1) is 23.0. The number of amides is 1.